The molecule has 2 N–H and O–H groups in total. The maximum Gasteiger partial charge on any atom is 0.341 e. The highest BCUT2D eigenvalue weighted by Crippen LogP contribution is 2.22. The third kappa shape index (κ3) is 2.89. The Morgan fingerprint density at radius 2 is 2.50 bits per heavy atom. The summed E-state index contributed by atoms with van der Waals surface area (Å²) in [4.78, 5) is 15.5. The molecule has 2 heterocycles. The van der Waals surface area contributed by atoms with Gasteiger partial charge in [-0.1, -0.05) is 0 Å². The second-order valence-electron chi connectivity index (χ2n) is 4.14. The fourth-order valence-corrected chi connectivity index (χ4v) is 1.77. The third-order valence-electron chi connectivity index (χ3n) is 2.79. The van der Waals surface area contributed by atoms with E-state index in [1.54, 1.807) is 0 Å². The Morgan fingerprint density at radius 3 is 3.17 bits per heavy atom. The van der Waals surface area contributed by atoms with Crippen molar-refractivity contribution in [1.82, 2.24) is 4.98 Å². The summed E-state index contributed by atoms with van der Waals surface area (Å²) in [6.07, 6.45) is 2.41. The predicted octanol–water partition coefficient (Wildman–Crippen LogP) is 0.866. The van der Waals surface area contributed by atoms with E-state index < -0.39 is 5.97 Å². The minimum Gasteiger partial charge on any atom is -0.491 e. The average molecular weight is 252 g/mol. The molecule has 1 aliphatic heterocycles. The molecule has 98 valence electrons. The number of pyridine rings is 1. The van der Waals surface area contributed by atoms with Crippen LogP contribution < -0.4 is 10.5 Å². The highest BCUT2D eigenvalue weighted by molar-refractivity contribution is 5.93. The number of esters is 1. The molecule has 18 heavy (non-hydrogen) atoms. The first-order valence-corrected chi connectivity index (χ1v) is 5.75. The molecule has 1 aromatic heterocycles. The van der Waals surface area contributed by atoms with E-state index in [1.165, 1.54) is 19.4 Å². The van der Waals surface area contributed by atoms with Crippen LogP contribution in [0.1, 0.15) is 16.8 Å². The van der Waals surface area contributed by atoms with Gasteiger partial charge in [0.25, 0.3) is 0 Å². The van der Waals surface area contributed by atoms with Crippen LogP contribution >= 0.6 is 0 Å². The molecule has 6 nitrogen and oxygen atoms in total. The number of rotatable bonds is 4. The Hall–Kier alpha value is -1.82. The zero-order valence-corrected chi connectivity index (χ0v) is 10.2. The predicted molar refractivity (Wildman–Crippen MR) is 64.4 cm³/mol. The number of nitrogens with two attached hydrogens (primary N) is 1. The monoisotopic (exact) mass is 252 g/mol. The summed E-state index contributed by atoms with van der Waals surface area (Å²) in [5.41, 5.74) is 5.84. The van der Waals surface area contributed by atoms with Crippen LogP contribution in [0.5, 0.6) is 5.75 Å². The summed E-state index contributed by atoms with van der Waals surface area (Å²) in [6, 6.07) is 1.45. The molecule has 1 aromatic rings. The van der Waals surface area contributed by atoms with Gasteiger partial charge in [-0.05, 0) is 12.5 Å². The molecule has 1 aliphatic rings. The maximum absolute atomic E-state index is 11.6. The second-order valence-corrected chi connectivity index (χ2v) is 4.14. The summed E-state index contributed by atoms with van der Waals surface area (Å²) in [7, 11) is 1.31. The lowest BCUT2D eigenvalue weighted by Crippen LogP contribution is -2.14. The SMILES string of the molecule is COC(=O)c1cc(N)ncc1OCC1CCOC1. The van der Waals surface area contributed by atoms with Crippen LogP contribution in [0.4, 0.5) is 5.82 Å². The van der Waals surface area contributed by atoms with E-state index in [9.17, 15) is 4.79 Å². The Kier molecular flexibility index (Phi) is 3.99. The Balaban J connectivity index is 2.08. The van der Waals surface area contributed by atoms with Gasteiger partial charge in [0.2, 0.25) is 0 Å². The van der Waals surface area contributed by atoms with E-state index >= 15 is 0 Å². The summed E-state index contributed by atoms with van der Waals surface area (Å²) in [6.45, 7) is 1.95. The van der Waals surface area contributed by atoms with Crippen molar-refractivity contribution < 1.29 is 19.0 Å². The van der Waals surface area contributed by atoms with Crippen molar-refractivity contribution in [1.29, 1.82) is 0 Å². The Labute approximate surface area is 105 Å². The van der Waals surface area contributed by atoms with Gasteiger partial charge in [-0.2, -0.15) is 0 Å². The lowest BCUT2D eigenvalue weighted by molar-refractivity contribution is 0.0594. The van der Waals surface area contributed by atoms with E-state index in [0.29, 0.717) is 30.4 Å². The molecular formula is C12H16N2O4. The molecule has 1 unspecified atom stereocenters. The van der Waals surface area contributed by atoms with Gasteiger partial charge in [0.15, 0.2) is 5.75 Å². The van der Waals surface area contributed by atoms with Crippen LogP contribution in [0.15, 0.2) is 12.3 Å². The Morgan fingerprint density at radius 1 is 1.67 bits per heavy atom. The van der Waals surface area contributed by atoms with Gasteiger partial charge in [-0.15, -0.1) is 0 Å². The molecule has 0 radical (unpaired) electrons. The molecule has 1 saturated heterocycles. The normalized spacial score (nSPS) is 18.6. The van der Waals surface area contributed by atoms with Crippen molar-refractivity contribution in [2.45, 2.75) is 6.42 Å². The molecular weight excluding hydrogens is 236 g/mol. The number of carbonyl (C=O) groups is 1. The minimum absolute atomic E-state index is 0.256. The summed E-state index contributed by atoms with van der Waals surface area (Å²) in [5.74, 6) is 0.518. The van der Waals surface area contributed by atoms with Crippen molar-refractivity contribution >= 4 is 11.8 Å². The quantitative estimate of drug-likeness (QED) is 0.800. The highest BCUT2D eigenvalue weighted by Gasteiger charge is 2.19. The number of methoxy groups -OCH3 is 1. The van der Waals surface area contributed by atoms with Crippen LogP contribution in [0.25, 0.3) is 0 Å². The summed E-state index contributed by atoms with van der Waals surface area (Å²) in [5, 5.41) is 0. The number of nitrogen functional groups attached to an aromatic ring is 1. The number of ether oxygens (including phenoxy) is 3. The smallest absolute Gasteiger partial charge is 0.341 e. The molecule has 1 atom stereocenters. The van der Waals surface area contributed by atoms with Gasteiger partial charge in [-0.25, -0.2) is 9.78 Å². The molecule has 0 saturated carbocycles. The van der Waals surface area contributed by atoms with Gasteiger partial charge in [0.05, 0.1) is 26.5 Å². The molecule has 6 heteroatoms. The number of carbonyl (C=O) groups excluding carboxylic acids is 1. The second kappa shape index (κ2) is 5.68. The topological polar surface area (TPSA) is 83.7 Å². The van der Waals surface area contributed by atoms with E-state index in [1.807, 2.05) is 0 Å². The first kappa shape index (κ1) is 12.6. The zero-order valence-electron chi connectivity index (χ0n) is 10.2. The third-order valence-corrected chi connectivity index (χ3v) is 2.79. The highest BCUT2D eigenvalue weighted by atomic mass is 16.5. The first-order chi connectivity index (χ1) is 8.70. The molecule has 0 aromatic carbocycles. The van der Waals surface area contributed by atoms with Gasteiger partial charge < -0.3 is 19.9 Å². The molecule has 2 rings (SSSR count). The van der Waals surface area contributed by atoms with Crippen molar-refractivity contribution in [3.8, 4) is 5.75 Å². The van der Waals surface area contributed by atoms with E-state index in [0.717, 1.165) is 13.0 Å². The van der Waals surface area contributed by atoms with Gasteiger partial charge >= 0.3 is 5.97 Å². The van der Waals surface area contributed by atoms with Crippen molar-refractivity contribution in [2.75, 3.05) is 32.7 Å². The molecule has 0 aliphatic carbocycles. The summed E-state index contributed by atoms with van der Waals surface area (Å²) >= 11 is 0. The van der Waals surface area contributed by atoms with Crippen LogP contribution in [-0.2, 0) is 9.47 Å². The van der Waals surface area contributed by atoms with Crippen LogP contribution in [-0.4, -0.2) is 37.9 Å². The van der Waals surface area contributed by atoms with Crippen LogP contribution in [0.2, 0.25) is 0 Å². The van der Waals surface area contributed by atoms with Crippen molar-refractivity contribution in [2.24, 2.45) is 5.92 Å². The Bertz CT molecular complexity index is 430. The number of nitrogens with zero attached hydrogens (tertiary/aromatic N) is 1. The molecule has 0 bridgehead atoms. The fraction of sp³-hybridized carbons (Fsp3) is 0.500. The number of aromatic nitrogens is 1. The minimum atomic E-state index is -0.484. The lowest BCUT2D eigenvalue weighted by atomic mass is 10.1. The van der Waals surface area contributed by atoms with Gasteiger partial charge in [0.1, 0.15) is 11.4 Å². The van der Waals surface area contributed by atoms with E-state index in [4.69, 9.17) is 15.2 Å². The molecule has 0 amide bonds. The van der Waals surface area contributed by atoms with Crippen molar-refractivity contribution in [3.05, 3.63) is 17.8 Å². The van der Waals surface area contributed by atoms with Crippen LogP contribution in [0.3, 0.4) is 0 Å². The van der Waals surface area contributed by atoms with E-state index in [2.05, 4.69) is 9.72 Å². The van der Waals surface area contributed by atoms with Gasteiger partial charge in [0, 0.05) is 12.5 Å². The standard InChI is InChI=1S/C12H16N2O4/c1-16-12(15)9-4-11(13)14-5-10(9)18-7-8-2-3-17-6-8/h4-5,8H,2-3,6-7H2,1H3,(H2,13,14). The van der Waals surface area contributed by atoms with E-state index in [-0.39, 0.29) is 5.82 Å². The van der Waals surface area contributed by atoms with Crippen LogP contribution in [0, 0.1) is 5.92 Å². The molecule has 1 fully saturated rings. The maximum atomic E-state index is 11.6. The summed E-state index contributed by atoms with van der Waals surface area (Å²) < 4.78 is 15.5. The van der Waals surface area contributed by atoms with Crippen molar-refractivity contribution in [3.63, 3.8) is 0 Å². The first-order valence-electron chi connectivity index (χ1n) is 5.75. The average Bonchev–Trinajstić information content (AvgIpc) is 2.89. The number of anilines is 1. The largest absolute Gasteiger partial charge is 0.491 e. The lowest BCUT2D eigenvalue weighted by Gasteiger charge is -2.12. The fourth-order valence-electron chi connectivity index (χ4n) is 1.77. The zero-order chi connectivity index (χ0) is 13.0. The number of hydrogen-bond acceptors (Lipinski definition) is 6. The number of hydrogen-bond donors (Lipinski definition) is 1. The van der Waals surface area contributed by atoms with Gasteiger partial charge in [-0.3, -0.25) is 0 Å². The molecule has 0 spiro atoms.